The Hall–Kier alpha value is -3.00. The summed E-state index contributed by atoms with van der Waals surface area (Å²) in [6.45, 7) is 3.65. The number of fused-ring (bicyclic) bond motifs is 3. The molecule has 1 atom stereocenters. The lowest BCUT2D eigenvalue weighted by Gasteiger charge is -2.31. The van der Waals surface area contributed by atoms with Crippen LogP contribution in [0.15, 0.2) is 58.5 Å². The van der Waals surface area contributed by atoms with Crippen LogP contribution in [-0.4, -0.2) is 21.7 Å². The van der Waals surface area contributed by atoms with Crippen LogP contribution < -0.4 is 15.1 Å². The zero-order valence-electron chi connectivity index (χ0n) is 18.2. The molecule has 6 nitrogen and oxygen atoms in total. The largest absolute Gasteiger partial charge is 0.325 e. The summed E-state index contributed by atoms with van der Waals surface area (Å²) in [5.41, 5.74) is 2.04. The number of carbonyl (C=O) groups excluding carboxylic acids is 1. The first-order valence-corrected chi connectivity index (χ1v) is 11.8. The third-order valence-electron chi connectivity index (χ3n) is 5.50. The van der Waals surface area contributed by atoms with E-state index in [0.717, 1.165) is 25.0 Å². The van der Waals surface area contributed by atoms with Crippen molar-refractivity contribution in [1.82, 2.24) is 10.1 Å². The Morgan fingerprint density at radius 1 is 1.16 bits per heavy atom. The van der Waals surface area contributed by atoms with Crippen LogP contribution >= 0.6 is 11.8 Å². The molecule has 0 aliphatic carbocycles. The molecule has 4 rings (SSSR count). The number of amides is 1. The number of unbranched alkanes of at least 4 members (excludes halogenated alkanes) is 3. The minimum absolute atomic E-state index is 0.194. The number of carbonyl (C=O) groups is 1. The molecule has 166 valence electrons. The fourth-order valence-corrected chi connectivity index (χ4v) is 4.86. The lowest BCUT2D eigenvalue weighted by Crippen LogP contribution is -2.60. The topological polar surface area (TPSA) is 69.9 Å². The van der Waals surface area contributed by atoms with Crippen LogP contribution in [0, 0.1) is 5.82 Å². The standard InChI is InChI=1S/C24H25FN4O2S/c1-3-4-5-8-15-32-24-26-22(31)21-19-9-6-7-10-20(19)28(16(2)30)23(29(21)27-24)17-11-13-18(25)14-12-17/h6-7,9-14,23H,3-5,8,15H2,1-2H3/p+1/t23-/m0/s1. The quantitative estimate of drug-likeness (QED) is 0.326. The van der Waals surface area contributed by atoms with E-state index in [0.29, 0.717) is 27.7 Å². The van der Waals surface area contributed by atoms with Gasteiger partial charge in [-0.1, -0.05) is 50.1 Å². The summed E-state index contributed by atoms with van der Waals surface area (Å²) < 4.78 is 15.2. The van der Waals surface area contributed by atoms with Gasteiger partial charge in [0.2, 0.25) is 11.1 Å². The lowest BCUT2D eigenvalue weighted by molar-refractivity contribution is -0.763. The second-order valence-electron chi connectivity index (χ2n) is 7.79. The molecule has 3 aromatic rings. The van der Waals surface area contributed by atoms with E-state index < -0.39 is 6.17 Å². The molecule has 32 heavy (non-hydrogen) atoms. The van der Waals surface area contributed by atoms with Gasteiger partial charge in [-0.05, 0) is 47.5 Å². The van der Waals surface area contributed by atoms with Crippen molar-refractivity contribution in [2.45, 2.75) is 50.9 Å². The monoisotopic (exact) mass is 453 g/mol. The van der Waals surface area contributed by atoms with Crippen LogP contribution in [0.3, 0.4) is 0 Å². The number of hydrogen-bond donors (Lipinski definition) is 1. The summed E-state index contributed by atoms with van der Waals surface area (Å²) in [6.07, 6.45) is 3.82. The first-order valence-electron chi connectivity index (χ1n) is 10.8. The molecule has 2 heterocycles. The number of rotatable bonds is 7. The SMILES string of the molecule is CCCCCCSc1n[n+]2c(c(=O)[nH]1)-c1ccccc1N(C(C)=O)[C@@H]2c1ccc(F)cc1. The van der Waals surface area contributed by atoms with Gasteiger partial charge >= 0.3 is 11.3 Å². The Balaban J connectivity index is 1.84. The van der Waals surface area contributed by atoms with E-state index in [9.17, 15) is 14.0 Å². The summed E-state index contributed by atoms with van der Waals surface area (Å²) in [5.74, 6) is 0.281. The van der Waals surface area contributed by atoms with Crippen molar-refractivity contribution in [2.75, 3.05) is 10.7 Å². The van der Waals surface area contributed by atoms with Crippen molar-refractivity contribution in [3.63, 3.8) is 0 Å². The summed E-state index contributed by atoms with van der Waals surface area (Å²) in [4.78, 5) is 30.5. The van der Waals surface area contributed by atoms with Crippen LogP contribution in [0.25, 0.3) is 11.3 Å². The normalized spacial score (nSPS) is 14.7. The Morgan fingerprint density at radius 3 is 2.62 bits per heavy atom. The number of nitrogens with zero attached hydrogens (tertiary/aromatic N) is 3. The average molecular weight is 454 g/mol. The van der Waals surface area contributed by atoms with Gasteiger partial charge in [0.05, 0.1) is 11.3 Å². The molecule has 0 spiro atoms. The van der Waals surface area contributed by atoms with Gasteiger partial charge in [-0.2, -0.15) is 0 Å². The van der Waals surface area contributed by atoms with Crippen LogP contribution in [0.5, 0.6) is 0 Å². The van der Waals surface area contributed by atoms with E-state index in [1.165, 1.54) is 37.2 Å². The van der Waals surface area contributed by atoms with Gasteiger partial charge < -0.3 is 0 Å². The highest BCUT2D eigenvalue weighted by Crippen LogP contribution is 2.37. The molecule has 0 bridgehead atoms. The van der Waals surface area contributed by atoms with E-state index in [1.54, 1.807) is 21.7 Å². The predicted octanol–water partition coefficient (Wildman–Crippen LogP) is 4.45. The van der Waals surface area contributed by atoms with Crippen molar-refractivity contribution >= 4 is 23.4 Å². The number of benzene rings is 2. The average Bonchev–Trinajstić information content (AvgIpc) is 2.78. The molecule has 1 amide bonds. The summed E-state index contributed by atoms with van der Waals surface area (Å²) in [7, 11) is 0. The van der Waals surface area contributed by atoms with E-state index in [2.05, 4.69) is 11.9 Å². The first-order chi connectivity index (χ1) is 15.5. The molecule has 0 saturated carbocycles. The third kappa shape index (κ3) is 4.32. The Bertz CT molecular complexity index is 1180. The van der Waals surface area contributed by atoms with Gasteiger partial charge in [-0.15, -0.1) is 0 Å². The van der Waals surface area contributed by atoms with Crippen molar-refractivity contribution < 1.29 is 13.9 Å². The maximum atomic E-state index is 13.6. The summed E-state index contributed by atoms with van der Waals surface area (Å²) >= 11 is 1.50. The highest BCUT2D eigenvalue weighted by Gasteiger charge is 2.44. The van der Waals surface area contributed by atoms with Gasteiger partial charge in [-0.3, -0.25) is 14.6 Å². The third-order valence-corrected chi connectivity index (χ3v) is 6.45. The molecule has 2 aromatic carbocycles. The fourth-order valence-electron chi connectivity index (χ4n) is 4.01. The lowest BCUT2D eigenvalue weighted by atomic mass is 10.0. The molecular weight excluding hydrogens is 427 g/mol. The zero-order chi connectivity index (χ0) is 22.7. The Morgan fingerprint density at radius 2 is 1.91 bits per heavy atom. The minimum Gasteiger partial charge on any atom is -0.291 e. The van der Waals surface area contributed by atoms with Crippen LogP contribution in [0.2, 0.25) is 0 Å². The molecule has 0 unspecified atom stereocenters. The minimum atomic E-state index is -0.695. The van der Waals surface area contributed by atoms with Gasteiger partial charge in [0.25, 0.3) is 6.17 Å². The summed E-state index contributed by atoms with van der Waals surface area (Å²) in [5, 5.41) is 5.24. The molecule has 1 aliphatic heterocycles. The highest BCUT2D eigenvalue weighted by atomic mass is 32.2. The zero-order valence-corrected chi connectivity index (χ0v) is 19.0. The number of aromatic nitrogens is 3. The number of para-hydroxylation sites is 1. The molecule has 0 saturated heterocycles. The molecule has 0 radical (unpaired) electrons. The van der Waals surface area contributed by atoms with Crippen molar-refractivity contribution in [3.05, 3.63) is 70.3 Å². The summed E-state index contributed by atoms with van der Waals surface area (Å²) in [6, 6.07) is 13.2. The van der Waals surface area contributed by atoms with Gasteiger partial charge in [0, 0.05) is 23.3 Å². The van der Waals surface area contributed by atoms with Crippen LogP contribution in [-0.2, 0) is 4.79 Å². The predicted molar refractivity (Wildman–Crippen MR) is 123 cm³/mol. The molecule has 8 heteroatoms. The van der Waals surface area contributed by atoms with Gasteiger partial charge in [0.1, 0.15) is 5.82 Å². The van der Waals surface area contributed by atoms with E-state index in [-0.39, 0.29) is 17.3 Å². The number of nitrogens with one attached hydrogen (secondary N) is 1. The Labute approximate surface area is 190 Å². The number of thioether (sulfide) groups is 1. The van der Waals surface area contributed by atoms with Crippen molar-refractivity contribution in [3.8, 4) is 11.3 Å². The first kappa shape index (κ1) is 22.2. The maximum Gasteiger partial charge on any atom is 0.325 e. The van der Waals surface area contributed by atoms with E-state index >= 15 is 0 Å². The number of hydrogen-bond acceptors (Lipinski definition) is 4. The Kier molecular flexibility index (Phi) is 6.69. The molecule has 0 fully saturated rings. The van der Waals surface area contributed by atoms with Crippen LogP contribution in [0.1, 0.15) is 51.3 Å². The highest BCUT2D eigenvalue weighted by molar-refractivity contribution is 7.99. The fraction of sp³-hybridized carbons (Fsp3) is 0.333. The van der Waals surface area contributed by atoms with E-state index in [4.69, 9.17) is 5.10 Å². The van der Waals surface area contributed by atoms with E-state index in [1.807, 2.05) is 24.3 Å². The smallest absolute Gasteiger partial charge is 0.291 e. The van der Waals surface area contributed by atoms with Gasteiger partial charge in [-0.25, -0.2) is 9.29 Å². The van der Waals surface area contributed by atoms with Crippen molar-refractivity contribution in [2.24, 2.45) is 0 Å². The molecule has 1 aliphatic rings. The number of halogens is 1. The number of anilines is 1. The second-order valence-corrected chi connectivity index (χ2v) is 8.88. The van der Waals surface area contributed by atoms with Crippen LogP contribution in [0.4, 0.5) is 10.1 Å². The number of aromatic amines is 1. The molecular formula is C24H26FN4O2S+. The number of H-pyrrole nitrogens is 1. The molecule has 1 aromatic heterocycles. The second kappa shape index (κ2) is 9.65. The molecule has 1 N–H and O–H groups in total. The maximum absolute atomic E-state index is 13.6. The van der Waals surface area contributed by atoms with Crippen molar-refractivity contribution in [1.29, 1.82) is 0 Å². The van der Waals surface area contributed by atoms with Gasteiger partial charge in [0.15, 0.2) is 0 Å².